The van der Waals surface area contributed by atoms with Gasteiger partial charge in [0.2, 0.25) is 10.0 Å². The molecule has 21 heavy (non-hydrogen) atoms. The van der Waals surface area contributed by atoms with E-state index in [0.717, 1.165) is 43.4 Å². The van der Waals surface area contributed by atoms with Crippen LogP contribution in [0.15, 0.2) is 11.0 Å². The highest BCUT2D eigenvalue weighted by Gasteiger charge is 2.24. The molecule has 1 aromatic heterocycles. The topological polar surface area (TPSA) is 83.5 Å². The second-order valence-electron chi connectivity index (χ2n) is 5.09. The molecule has 0 bridgehead atoms. The predicted molar refractivity (Wildman–Crippen MR) is 84.6 cm³/mol. The van der Waals surface area contributed by atoms with E-state index in [1.54, 1.807) is 6.92 Å². The van der Waals surface area contributed by atoms with Crippen LogP contribution < -0.4 is 4.72 Å². The highest BCUT2D eigenvalue weighted by molar-refractivity contribution is 7.89. The fraction of sp³-hybridized carbons (Fsp3) is 0.643. The lowest BCUT2D eigenvalue weighted by atomic mass is 10.1. The van der Waals surface area contributed by atoms with Gasteiger partial charge < -0.3 is 5.11 Å². The lowest BCUT2D eigenvalue weighted by Gasteiger charge is -2.17. The number of carboxylic acid groups (broad SMARTS) is 1. The standard InChI is InChI=1S/C14H23NO4S2/c1-4-6-8-11(7-5-2)15-21(18,19)13-9-12(14(16)17)20-10(13)3/h9,11,15H,4-8H2,1-3H3,(H,16,17). The Kier molecular flexibility index (Phi) is 6.83. The molecular formula is C14H23NO4S2. The number of aromatic carboxylic acids is 1. The van der Waals surface area contributed by atoms with E-state index in [4.69, 9.17) is 5.11 Å². The van der Waals surface area contributed by atoms with Gasteiger partial charge in [0, 0.05) is 10.9 Å². The largest absolute Gasteiger partial charge is 0.477 e. The van der Waals surface area contributed by atoms with Crippen molar-refractivity contribution in [2.75, 3.05) is 0 Å². The first-order chi connectivity index (χ1) is 9.81. The molecule has 120 valence electrons. The zero-order chi connectivity index (χ0) is 16.0. The van der Waals surface area contributed by atoms with Crippen molar-refractivity contribution >= 4 is 27.3 Å². The van der Waals surface area contributed by atoms with Crippen molar-refractivity contribution in [3.63, 3.8) is 0 Å². The first-order valence-corrected chi connectivity index (χ1v) is 9.47. The third-order valence-electron chi connectivity index (χ3n) is 3.24. The molecular weight excluding hydrogens is 310 g/mol. The lowest BCUT2D eigenvalue weighted by Crippen LogP contribution is -2.34. The average Bonchev–Trinajstić information content (AvgIpc) is 2.79. The molecule has 0 aliphatic rings. The van der Waals surface area contributed by atoms with Gasteiger partial charge in [-0.25, -0.2) is 17.9 Å². The maximum Gasteiger partial charge on any atom is 0.345 e. The molecule has 1 unspecified atom stereocenters. The first-order valence-electron chi connectivity index (χ1n) is 7.17. The highest BCUT2D eigenvalue weighted by Crippen LogP contribution is 2.26. The number of unbranched alkanes of at least 4 members (excludes halogenated alkanes) is 1. The van der Waals surface area contributed by atoms with Crippen LogP contribution in [0.2, 0.25) is 0 Å². The van der Waals surface area contributed by atoms with Gasteiger partial charge in [-0.1, -0.05) is 33.1 Å². The van der Waals surface area contributed by atoms with Crippen LogP contribution in [0.1, 0.15) is 60.5 Å². The van der Waals surface area contributed by atoms with Crippen LogP contribution in [0, 0.1) is 6.92 Å². The van der Waals surface area contributed by atoms with E-state index < -0.39 is 16.0 Å². The molecule has 0 aliphatic carbocycles. The molecule has 7 heteroatoms. The SMILES string of the molecule is CCCCC(CCC)NS(=O)(=O)c1cc(C(=O)O)sc1C. The Bertz CT molecular complexity index is 578. The van der Waals surface area contributed by atoms with Crippen LogP contribution in [-0.2, 0) is 10.0 Å². The van der Waals surface area contributed by atoms with Gasteiger partial charge in [-0.3, -0.25) is 0 Å². The van der Waals surface area contributed by atoms with Crippen LogP contribution >= 0.6 is 11.3 Å². The van der Waals surface area contributed by atoms with Gasteiger partial charge in [0.05, 0.1) is 4.90 Å². The molecule has 2 N–H and O–H groups in total. The van der Waals surface area contributed by atoms with Crippen molar-refractivity contribution in [3.05, 3.63) is 15.8 Å². The number of nitrogens with one attached hydrogen (secondary N) is 1. The Morgan fingerprint density at radius 2 is 2.00 bits per heavy atom. The van der Waals surface area contributed by atoms with Gasteiger partial charge in [-0.2, -0.15) is 0 Å². The molecule has 5 nitrogen and oxygen atoms in total. The van der Waals surface area contributed by atoms with E-state index in [2.05, 4.69) is 11.6 Å². The minimum absolute atomic E-state index is 0.0495. The summed E-state index contributed by atoms with van der Waals surface area (Å²) in [6.45, 7) is 5.72. The van der Waals surface area contributed by atoms with Crippen molar-refractivity contribution in [1.29, 1.82) is 0 Å². The second-order valence-corrected chi connectivity index (χ2v) is 8.02. The highest BCUT2D eigenvalue weighted by atomic mass is 32.2. The van der Waals surface area contributed by atoms with Gasteiger partial charge in [-0.15, -0.1) is 11.3 Å². The van der Waals surface area contributed by atoms with Crippen molar-refractivity contribution in [1.82, 2.24) is 4.72 Å². The molecule has 1 heterocycles. The maximum absolute atomic E-state index is 12.4. The van der Waals surface area contributed by atoms with Gasteiger partial charge in [0.15, 0.2) is 0 Å². The van der Waals surface area contributed by atoms with Crippen LogP contribution in [0.25, 0.3) is 0 Å². The van der Waals surface area contributed by atoms with Crippen LogP contribution in [0.5, 0.6) is 0 Å². The molecule has 0 saturated heterocycles. The molecule has 0 aromatic carbocycles. The lowest BCUT2D eigenvalue weighted by molar-refractivity contribution is 0.0702. The Hall–Kier alpha value is -0.920. The summed E-state index contributed by atoms with van der Waals surface area (Å²) in [5.41, 5.74) is 0. The number of carboxylic acids is 1. The summed E-state index contributed by atoms with van der Waals surface area (Å²) < 4.78 is 27.6. The molecule has 1 atom stereocenters. The zero-order valence-electron chi connectivity index (χ0n) is 12.7. The van der Waals surface area contributed by atoms with Gasteiger partial charge in [-0.05, 0) is 25.8 Å². The van der Waals surface area contributed by atoms with Crippen molar-refractivity contribution in [3.8, 4) is 0 Å². The molecule has 0 fully saturated rings. The first kappa shape index (κ1) is 18.1. The van der Waals surface area contributed by atoms with Crippen molar-refractivity contribution in [2.45, 2.75) is 63.8 Å². The summed E-state index contributed by atoms with van der Waals surface area (Å²) in [5, 5.41) is 8.97. The third kappa shape index (κ3) is 5.09. The minimum atomic E-state index is -3.66. The number of sulfonamides is 1. The fourth-order valence-electron chi connectivity index (χ4n) is 2.18. The molecule has 0 spiro atoms. The average molecular weight is 333 g/mol. The summed E-state index contributed by atoms with van der Waals surface area (Å²) in [7, 11) is -3.66. The Balaban J connectivity index is 2.95. The normalized spacial score (nSPS) is 13.3. The summed E-state index contributed by atoms with van der Waals surface area (Å²) in [5.74, 6) is -1.10. The summed E-state index contributed by atoms with van der Waals surface area (Å²) >= 11 is 0.989. The number of carbonyl (C=O) groups is 1. The number of aryl methyl sites for hydroxylation is 1. The van der Waals surface area contributed by atoms with Gasteiger partial charge in [0.25, 0.3) is 0 Å². The molecule has 0 amide bonds. The molecule has 1 rings (SSSR count). The Morgan fingerprint density at radius 3 is 2.48 bits per heavy atom. The Morgan fingerprint density at radius 1 is 1.33 bits per heavy atom. The summed E-state index contributed by atoms with van der Waals surface area (Å²) in [4.78, 5) is 11.6. The van der Waals surface area contributed by atoms with Gasteiger partial charge >= 0.3 is 5.97 Å². The van der Waals surface area contributed by atoms with Crippen molar-refractivity contribution < 1.29 is 18.3 Å². The van der Waals surface area contributed by atoms with E-state index in [1.165, 1.54) is 6.07 Å². The summed E-state index contributed by atoms with van der Waals surface area (Å²) in [6, 6.07) is 1.15. The molecule has 0 aliphatic heterocycles. The minimum Gasteiger partial charge on any atom is -0.477 e. The smallest absolute Gasteiger partial charge is 0.345 e. The predicted octanol–water partition coefficient (Wildman–Crippen LogP) is 3.39. The Labute approximate surface area is 130 Å². The zero-order valence-corrected chi connectivity index (χ0v) is 14.3. The molecule has 1 aromatic rings. The number of hydrogen-bond acceptors (Lipinski definition) is 4. The second kappa shape index (κ2) is 7.91. The van der Waals surface area contributed by atoms with E-state index >= 15 is 0 Å². The maximum atomic E-state index is 12.4. The fourth-order valence-corrected chi connectivity index (χ4v) is 4.92. The number of thiophene rings is 1. The molecule has 0 saturated carbocycles. The number of hydrogen-bond donors (Lipinski definition) is 2. The van der Waals surface area contributed by atoms with E-state index in [9.17, 15) is 13.2 Å². The quantitative estimate of drug-likeness (QED) is 0.725. The van der Waals surface area contributed by atoms with Gasteiger partial charge in [0.1, 0.15) is 4.88 Å². The van der Waals surface area contributed by atoms with Crippen molar-refractivity contribution in [2.24, 2.45) is 0 Å². The van der Waals surface area contributed by atoms with E-state index in [1.807, 2.05) is 6.92 Å². The third-order valence-corrected chi connectivity index (χ3v) is 6.05. The monoisotopic (exact) mass is 333 g/mol. The van der Waals surface area contributed by atoms with E-state index in [0.29, 0.717) is 4.88 Å². The molecule has 0 radical (unpaired) electrons. The van der Waals surface area contributed by atoms with Crippen LogP contribution in [0.4, 0.5) is 0 Å². The van der Waals surface area contributed by atoms with E-state index in [-0.39, 0.29) is 15.8 Å². The number of rotatable bonds is 9. The van der Waals surface area contributed by atoms with Crippen LogP contribution in [0.3, 0.4) is 0 Å². The summed E-state index contributed by atoms with van der Waals surface area (Å²) in [6.07, 6.45) is 4.48. The van der Waals surface area contributed by atoms with Crippen LogP contribution in [-0.4, -0.2) is 25.5 Å².